The Morgan fingerprint density at radius 3 is 2.48 bits per heavy atom. The van der Waals surface area contributed by atoms with Crippen LogP contribution in [0.25, 0.3) is 5.70 Å². The highest BCUT2D eigenvalue weighted by molar-refractivity contribution is 5.89. The maximum absolute atomic E-state index is 11.9. The lowest BCUT2D eigenvalue weighted by Gasteiger charge is -2.25. The summed E-state index contributed by atoms with van der Waals surface area (Å²) in [4.78, 5) is 23.0. The van der Waals surface area contributed by atoms with E-state index >= 15 is 0 Å². The fourth-order valence-electron chi connectivity index (χ4n) is 2.52. The number of carbonyl (C=O) groups excluding carboxylic acids is 1. The van der Waals surface area contributed by atoms with Gasteiger partial charge in [-0.15, -0.1) is 0 Å². The van der Waals surface area contributed by atoms with Gasteiger partial charge in [0.1, 0.15) is 17.5 Å². The van der Waals surface area contributed by atoms with Crippen molar-refractivity contribution in [1.82, 2.24) is 10.6 Å². The van der Waals surface area contributed by atoms with Crippen molar-refractivity contribution in [2.24, 2.45) is 0 Å². The fourth-order valence-corrected chi connectivity index (χ4v) is 2.52. The second-order valence-electron chi connectivity index (χ2n) is 5.01. The number of hydrogen-bond donors (Lipinski definition) is 3. The number of phenols is 1. The number of aromatic hydroxyl groups is 1. The number of nitrogens with zero attached hydrogens (tertiary/aromatic N) is 1. The third-order valence-corrected chi connectivity index (χ3v) is 3.51. The number of rotatable bonds is 3. The Kier molecular flexibility index (Phi) is 3.68. The molecule has 1 heterocycles. The minimum absolute atomic E-state index is 0.0285. The summed E-state index contributed by atoms with van der Waals surface area (Å²) < 4.78 is 0. The summed E-state index contributed by atoms with van der Waals surface area (Å²) in [6.45, 7) is 0. The zero-order valence-electron chi connectivity index (χ0n) is 11.9. The van der Waals surface area contributed by atoms with Gasteiger partial charge in [-0.3, -0.25) is 10.1 Å². The molecule has 0 saturated carbocycles. The van der Waals surface area contributed by atoms with Gasteiger partial charge in [0.05, 0.1) is 4.92 Å². The molecule has 2 aromatic rings. The highest BCUT2D eigenvalue weighted by Crippen LogP contribution is 2.32. The Labute approximate surface area is 131 Å². The van der Waals surface area contributed by atoms with Gasteiger partial charge in [0.2, 0.25) is 0 Å². The van der Waals surface area contributed by atoms with E-state index in [0.29, 0.717) is 11.1 Å². The van der Waals surface area contributed by atoms with Crippen LogP contribution in [0.4, 0.5) is 4.79 Å². The van der Waals surface area contributed by atoms with Crippen LogP contribution in [0.5, 0.6) is 5.75 Å². The van der Waals surface area contributed by atoms with Gasteiger partial charge < -0.3 is 15.7 Å². The van der Waals surface area contributed by atoms with E-state index in [-0.39, 0.29) is 17.1 Å². The molecule has 7 nitrogen and oxygen atoms in total. The molecule has 3 rings (SSSR count). The normalized spacial score (nSPS) is 17.4. The van der Waals surface area contributed by atoms with Crippen molar-refractivity contribution in [3.63, 3.8) is 0 Å². The molecule has 0 bridgehead atoms. The van der Waals surface area contributed by atoms with Crippen molar-refractivity contribution in [1.29, 1.82) is 0 Å². The van der Waals surface area contributed by atoms with Gasteiger partial charge in [-0.2, -0.15) is 0 Å². The molecule has 2 aromatic carbocycles. The third kappa shape index (κ3) is 2.84. The minimum atomic E-state index is -0.957. The number of carbonyl (C=O) groups is 1. The molecular formula is C16H13N3O4. The molecule has 0 spiro atoms. The van der Waals surface area contributed by atoms with E-state index < -0.39 is 17.0 Å². The molecule has 0 aromatic heterocycles. The van der Waals surface area contributed by atoms with Gasteiger partial charge in [-0.1, -0.05) is 42.5 Å². The number of phenolic OH excluding ortho intramolecular Hbond substituents is 1. The van der Waals surface area contributed by atoms with E-state index in [4.69, 9.17) is 0 Å². The monoisotopic (exact) mass is 311 g/mol. The van der Waals surface area contributed by atoms with Crippen molar-refractivity contribution in [2.75, 3.05) is 0 Å². The minimum Gasteiger partial charge on any atom is -0.508 e. The van der Waals surface area contributed by atoms with E-state index in [1.165, 1.54) is 12.1 Å². The quantitative estimate of drug-likeness (QED) is 0.598. The molecule has 1 aliphatic heterocycles. The highest BCUT2D eigenvalue weighted by Gasteiger charge is 2.37. The van der Waals surface area contributed by atoms with Crippen molar-refractivity contribution < 1.29 is 14.8 Å². The first-order chi connectivity index (χ1) is 11.1. The summed E-state index contributed by atoms with van der Waals surface area (Å²) in [6, 6.07) is 13.2. The van der Waals surface area contributed by atoms with Crippen LogP contribution in [0.2, 0.25) is 0 Å². The third-order valence-electron chi connectivity index (χ3n) is 3.51. The Hall–Kier alpha value is -3.35. The summed E-state index contributed by atoms with van der Waals surface area (Å²) in [5.74, 6) is -0.0285. The van der Waals surface area contributed by atoms with Gasteiger partial charge >= 0.3 is 6.03 Å². The van der Waals surface area contributed by atoms with Crippen LogP contribution in [0.1, 0.15) is 17.2 Å². The van der Waals surface area contributed by atoms with Crippen molar-refractivity contribution in [3.05, 3.63) is 81.5 Å². The molecule has 1 aliphatic rings. The van der Waals surface area contributed by atoms with Gasteiger partial charge in [-0.05, 0) is 17.7 Å². The number of nitro groups is 1. The summed E-state index contributed by atoms with van der Waals surface area (Å²) in [7, 11) is 0. The number of amides is 2. The SMILES string of the molecule is O=C1NC(c2ccccc2)=C([N+](=O)[O-])C(c2cccc(O)c2)N1. The molecule has 23 heavy (non-hydrogen) atoms. The lowest BCUT2D eigenvalue weighted by Crippen LogP contribution is -2.45. The molecule has 2 amide bonds. The molecule has 0 aliphatic carbocycles. The van der Waals surface area contributed by atoms with Crippen molar-refractivity contribution in [3.8, 4) is 5.75 Å². The molecule has 3 N–H and O–H groups in total. The average molecular weight is 311 g/mol. The highest BCUT2D eigenvalue weighted by atomic mass is 16.6. The Morgan fingerprint density at radius 1 is 1.09 bits per heavy atom. The number of hydrogen-bond acceptors (Lipinski definition) is 4. The van der Waals surface area contributed by atoms with E-state index in [2.05, 4.69) is 10.6 Å². The van der Waals surface area contributed by atoms with Gasteiger partial charge in [0.25, 0.3) is 5.70 Å². The first kappa shape index (κ1) is 14.6. The van der Waals surface area contributed by atoms with E-state index in [1.807, 2.05) is 0 Å². The van der Waals surface area contributed by atoms with Crippen LogP contribution in [-0.2, 0) is 0 Å². The fraction of sp³-hybridized carbons (Fsp3) is 0.0625. The smallest absolute Gasteiger partial charge is 0.320 e. The van der Waals surface area contributed by atoms with Crippen molar-refractivity contribution in [2.45, 2.75) is 6.04 Å². The summed E-state index contributed by atoms with van der Waals surface area (Å²) in [5.41, 5.74) is 0.938. The number of benzene rings is 2. The zero-order chi connectivity index (χ0) is 16.4. The lowest BCUT2D eigenvalue weighted by molar-refractivity contribution is -0.430. The molecular weight excluding hydrogens is 298 g/mol. The second kappa shape index (κ2) is 5.80. The molecule has 0 radical (unpaired) electrons. The Bertz CT molecular complexity index is 802. The van der Waals surface area contributed by atoms with E-state index in [9.17, 15) is 20.0 Å². The Balaban J connectivity index is 2.18. The molecule has 0 fully saturated rings. The van der Waals surface area contributed by atoms with Crippen LogP contribution in [0.3, 0.4) is 0 Å². The van der Waals surface area contributed by atoms with E-state index in [0.717, 1.165) is 0 Å². The average Bonchev–Trinajstić information content (AvgIpc) is 2.54. The maximum Gasteiger partial charge on any atom is 0.320 e. The summed E-state index contributed by atoms with van der Waals surface area (Å²) in [5, 5.41) is 26.2. The van der Waals surface area contributed by atoms with Crippen LogP contribution < -0.4 is 10.6 Å². The predicted octanol–water partition coefficient (Wildman–Crippen LogP) is 2.39. The molecule has 0 saturated heterocycles. The zero-order valence-corrected chi connectivity index (χ0v) is 11.9. The largest absolute Gasteiger partial charge is 0.508 e. The van der Waals surface area contributed by atoms with Crippen LogP contribution in [-0.4, -0.2) is 16.1 Å². The topological polar surface area (TPSA) is 104 Å². The maximum atomic E-state index is 11.9. The summed E-state index contributed by atoms with van der Waals surface area (Å²) >= 11 is 0. The van der Waals surface area contributed by atoms with E-state index in [1.54, 1.807) is 42.5 Å². The summed E-state index contributed by atoms with van der Waals surface area (Å²) in [6.07, 6.45) is 0. The van der Waals surface area contributed by atoms with Crippen LogP contribution in [0, 0.1) is 10.1 Å². The van der Waals surface area contributed by atoms with Gasteiger partial charge in [0, 0.05) is 5.56 Å². The molecule has 7 heteroatoms. The van der Waals surface area contributed by atoms with Crippen LogP contribution in [0.15, 0.2) is 60.3 Å². The predicted molar refractivity (Wildman–Crippen MR) is 82.9 cm³/mol. The second-order valence-corrected chi connectivity index (χ2v) is 5.01. The first-order valence-corrected chi connectivity index (χ1v) is 6.86. The lowest BCUT2D eigenvalue weighted by atomic mass is 9.98. The van der Waals surface area contributed by atoms with Gasteiger partial charge in [-0.25, -0.2) is 4.79 Å². The number of urea groups is 1. The number of nitrogens with one attached hydrogen (secondary N) is 2. The van der Waals surface area contributed by atoms with Crippen molar-refractivity contribution >= 4 is 11.7 Å². The standard InChI is InChI=1S/C16H13N3O4/c20-12-8-4-7-11(9-12)14-15(19(22)23)13(17-16(21)18-14)10-5-2-1-3-6-10/h1-9,14,20H,(H2,17,18,21). The first-order valence-electron chi connectivity index (χ1n) is 6.86. The van der Waals surface area contributed by atoms with Gasteiger partial charge in [0.15, 0.2) is 0 Å². The molecule has 1 unspecified atom stereocenters. The molecule has 1 atom stereocenters. The Morgan fingerprint density at radius 2 is 1.83 bits per heavy atom. The molecule has 116 valence electrons. The van der Waals surface area contributed by atoms with Crippen LogP contribution >= 0.6 is 0 Å².